The maximum atomic E-state index is 12.3. The summed E-state index contributed by atoms with van der Waals surface area (Å²) in [6.45, 7) is -0.0212. The highest BCUT2D eigenvalue weighted by atomic mass is 19.3. The number of rotatable bonds is 8. The van der Waals surface area contributed by atoms with Crippen molar-refractivity contribution in [1.82, 2.24) is 5.32 Å². The molecule has 0 amide bonds. The standard InChI is InChI=1S/C18H21F2NO2/c1-13(21-11-10-14-6-4-3-5-7-14)15-8-9-16(23-18(19)20)17(12-15)22-2/h3-9,12-13,18,21H,10-11H2,1-2H3. The van der Waals surface area contributed by atoms with E-state index in [0.29, 0.717) is 5.75 Å². The maximum Gasteiger partial charge on any atom is 0.387 e. The maximum absolute atomic E-state index is 12.3. The van der Waals surface area contributed by atoms with Crippen LogP contribution >= 0.6 is 0 Å². The van der Waals surface area contributed by atoms with E-state index in [0.717, 1.165) is 18.5 Å². The fourth-order valence-electron chi connectivity index (χ4n) is 2.34. The summed E-state index contributed by atoms with van der Waals surface area (Å²) in [6.07, 6.45) is 0.925. The molecule has 1 atom stereocenters. The third kappa shape index (κ3) is 5.21. The molecule has 1 N–H and O–H groups in total. The Labute approximate surface area is 135 Å². The van der Waals surface area contributed by atoms with Crippen molar-refractivity contribution in [2.24, 2.45) is 0 Å². The van der Waals surface area contributed by atoms with Crippen LogP contribution in [0.15, 0.2) is 48.5 Å². The van der Waals surface area contributed by atoms with Crippen molar-refractivity contribution in [3.63, 3.8) is 0 Å². The van der Waals surface area contributed by atoms with Crippen LogP contribution in [0.1, 0.15) is 24.1 Å². The molecule has 0 spiro atoms. The molecule has 124 valence electrons. The highest BCUT2D eigenvalue weighted by molar-refractivity contribution is 5.43. The highest BCUT2D eigenvalue weighted by Crippen LogP contribution is 2.31. The van der Waals surface area contributed by atoms with Crippen molar-refractivity contribution in [1.29, 1.82) is 0 Å². The minimum absolute atomic E-state index is 0.0442. The van der Waals surface area contributed by atoms with Crippen molar-refractivity contribution in [3.05, 3.63) is 59.7 Å². The smallest absolute Gasteiger partial charge is 0.387 e. The predicted molar refractivity (Wildman–Crippen MR) is 86.2 cm³/mol. The van der Waals surface area contributed by atoms with E-state index >= 15 is 0 Å². The summed E-state index contributed by atoms with van der Waals surface area (Å²) in [5.41, 5.74) is 2.22. The van der Waals surface area contributed by atoms with Gasteiger partial charge < -0.3 is 14.8 Å². The van der Waals surface area contributed by atoms with Gasteiger partial charge in [-0.2, -0.15) is 8.78 Å². The van der Waals surface area contributed by atoms with Gasteiger partial charge in [0.2, 0.25) is 0 Å². The lowest BCUT2D eigenvalue weighted by Gasteiger charge is -2.17. The van der Waals surface area contributed by atoms with Crippen LogP contribution in [0, 0.1) is 0 Å². The molecule has 0 radical (unpaired) electrons. The molecule has 1 unspecified atom stereocenters. The zero-order chi connectivity index (χ0) is 16.7. The number of alkyl halides is 2. The molecule has 2 rings (SSSR count). The van der Waals surface area contributed by atoms with Gasteiger partial charge >= 0.3 is 6.61 Å². The van der Waals surface area contributed by atoms with Crippen LogP contribution in [0.2, 0.25) is 0 Å². The molecule has 5 heteroatoms. The van der Waals surface area contributed by atoms with E-state index in [4.69, 9.17) is 4.74 Å². The minimum atomic E-state index is -2.86. The van der Waals surface area contributed by atoms with Crippen LogP contribution in [0.5, 0.6) is 11.5 Å². The topological polar surface area (TPSA) is 30.5 Å². The Hall–Kier alpha value is -2.14. The fraction of sp³-hybridized carbons (Fsp3) is 0.333. The summed E-state index contributed by atoms with van der Waals surface area (Å²) >= 11 is 0. The molecule has 0 saturated carbocycles. The van der Waals surface area contributed by atoms with Gasteiger partial charge in [0.05, 0.1) is 7.11 Å². The molecular weight excluding hydrogens is 300 g/mol. The Bertz CT molecular complexity index is 605. The number of ether oxygens (including phenoxy) is 2. The first kappa shape index (κ1) is 17.2. The van der Waals surface area contributed by atoms with Crippen molar-refractivity contribution < 1.29 is 18.3 Å². The Kier molecular flexibility index (Phi) is 6.35. The van der Waals surface area contributed by atoms with E-state index in [9.17, 15) is 8.78 Å². The van der Waals surface area contributed by atoms with E-state index < -0.39 is 6.61 Å². The molecule has 3 nitrogen and oxygen atoms in total. The lowest BCUT2D eigenvalue weighted by atomic mass is 10.1. The molecule has 2 aromatic rings. The molecule has 0 bridgehead atoms. The van der Waals surface area contributed by atoms with Gasteiger partial charge in [0, 0.05) is 6.04 Å². The van der Waals surface area contributed by atoms with Gasteiger partial charge in [0.1, 0.15) is 0 Å². The van der Waals surface area contributed by atoms with Gasteiger partial charge in [-0.15, -0.1) is 0 Å². The van der Waals surface area contributed by atoms with E-state index in [1.165, 1.54) is 18.7 Å². The molecule has 0 heterocycles. The van der Waals surface area contributed by atoms with Crippen molar-refractivity contribution >= 4 is 0 Å². The number of hydrogen-bond acceptors (Lipinski definition) is 3. The SMILES string of the molecule is COc1cc(C(C)NCCc2ccccc2)ccc1OC(F)F. The summed E-state index contributed by atoms with van der Waals surface area (Å²) in [4.78, 5) is 0. The van der Waals surface area contributed by atoms with Crippen LogP contribution in [0.4, 0.5) is 8.78 Å². The normalized spacial score (nSPS) is 12.2. The van der Waals surface area contributed by atoms with Crippen molar-refractivity contribution in [2.75, 3.05) is 13.7 Å². The van der Waals surface area contributed by atoms with Gasteiger partial charge in [0.25, 0.3) is 0 Å². The minimum Gasteiger partial charge on any atom is -0.493 e. The van der Waals surface area contributed by atoms with Crippen molar-refractivity contribution in [2.45, 2.75) is 26.0 Å². The molecular formula is C18H21F2NO2. The molecule has 2 aromatic carbocycles. The molecule has 0 aliphatic carbocycles. The molecule has 0 saturated heterocycles. The Morgan fingerprint density at radius 2 is 1.78 bits per heavy atom. The summed E-state index contributed by atoms with van der Waals surface area (Å²) in [6, 6.07) is 15.3. The first-order valence-electron chi connectivity index (χ1n) is 7.50. The summed E-state index contributed by atoms with van der Waals surface area (Å²) in [7, 11) is 1.44. The van der Waals surface area contributed by atoms with Gasteiger partial charge in [-0.05, 0) is 43.1 Å². The van der Waals surface area contributed by atoms with Crippen LogP contribution in [0.25, 0.3) is 0 Å². The number of halogens is 2. The lowest BCUT2D eigenvalue weighted by molar-refractivity contribution is -0.0512. The van der Waals surface area contributed by atoms with Gasteiger partial charge in [0.15, 0.2) is 11.5 Å². The quantitative estimate of drug-likeness (QED) is 0.791. The Morgan fingerprint density at radius 1 is 1.04 bits per heavy atom. The molecule has 0 aliphatic rings. The highest BCUT2D eigenvalue weighted by Gasteiger charge is 2.13. The van der Waals surface area contributed by atoms with Crippen LogP contribution < -0.4 is 14.8 Å². The second kappa shape index (κ2) is 8.48. The third-order valence-electron chi connectivity index (χ3n) is 3.61. The van der Waals surface area contributed by atoms with Crippen LogP contribution in [0.3, 0.4) is 0 Å². The fourth-order valence-corrected chi connectivity index (χ4v) is 2.34. The molecule has 23 heavy (non-hydrogen) atoms. The number of hydrogen-bond donors (Lipinski definition) is 1. The monoisotopic (exact) mass is 321 g/mol. The Balaban J connectivity index is 1.94. The van der Waals surface area contributed by atoms with Crippen LogP contribution in [-0.2, 0) is 6.42 Å². The average Bonchev–Trinajstić information content (AvgIpc) is 2.55. The summed E-state index contributed by atoms with van der Waals surface area (Å²) < 4.78 is 34.2. The third-order valence-corrected chi connectivity index (χ3v) is 3.61. The lowest BCUT2D eigenvalue weighted by Crippen LogP contribution is -2.21. The van der Waals surface area contributed by atoms with E-state index in [1.807, 2.05) is 25.1 Å². The van der Waals surface area contributed by atoms with Crippen LogP contribution in [-0.4, -0.2) is 20.3 Å². The average molecular weight is 321 g/mol. The molecule has 0 fully saturated rings. The summed E-state index contributed by atoms with van der Waals surface area (Å²) in [5, 5.41) is 3.41. The number of benzene rings is 2. The van der Waals surface area contributed by atoms with E-state index in [2.05, 4.69) is 22.2 Å². The predicted octanol–water partition coefficient (Wildman–Crippen LogP) is 4.19. The molecule has 0 aliphatic heterocycles. The first-order chi connectivity index (χ1) is 11.1. The van der Waals surface area contributed by atoms with Gasteiger partial charge in [-0.25, -0.2) is 0 Å². The number of nitrogens with one attached hydrogen (secondary N) is 1. The first-order valence-corrected chi connectivity index (χ1v) is 7.50. The van der Waals surface area contributed by atoms with Crippen molar-refractivity contribution in [3.8, 4) is 11.5 Å². The Morgan fingerprint density at radius 3 is 2.43 bits per heavy atom. The molecule has 0 aromatic heterocycles. The van der Waals surface area contributed by atoms with E-state index in [-0.39, 0.29) is 11.8 Å². The van der Waals surface area contributed by atoms with Gasteiger partial charge in [-0.3, -0.25) is 0 Å². The number of methoxy groups -OCH3 is 1. The zero-order valence-electron chi connectivity index (χ0n) is 13.3. The summed E-state index contributed by atoms with van der Waals surface area (Å²) in [5.74, 6) is 0.349. The second-order valence-electron chi connectivity index (χ2n) is 5.20. The zero-order valence-corrected chi connectivity index (χ0v) is 13.3. The van der Waals surface area contributed by atoms with Gasteiger partial charge in [-0.1, -0.05) is 36.4 Å². The largest absolute Gasteiger partial charge is 0.493 e. The second-order valence-corrected chi connectivity index (χ2v) is 5.20. The van der Waals surface area contributed by atoms with E-state index in [1.54, 1.807) is 12.1 Å².